The minimum Gasteiger partial charge on any atom is -0.373 e. The lowest BCUT2D eigenvalue weighted by Gasteiger charge is -2.25. The van der Waals surface area contributed by atoms with E-state index in [9.17, 15) is 27.7 Å². The average Bonchev–Trinajstić information content (AvgIpc) is 2.62. The number of hydrogen-bond donors (Lipinski definition) is 1. The number of hydrogen-bond acceptors (Lipinski definition) is 6. The molecular formula is C17H14ClFN2O6S. The van der Waals surface area contributed by atoms with Gasteiger partial charge in [-0.3, -0.25) is 14.9 Å². The van der Waals surface area contributed by atoms with Gasteiger partial charge < -0.3 is 4.74 Å². The first-order chi connectivity index (χ1) is 13.2. The van der Waals surface area contributed by atoms with Crippen molar-refractivity contribution >= 4 is 33.2 Å². The molecule has 0 aliphatic carbocycles. The van der Waals surface area contributed by atoms with Crippen molar-refractivity contribution in [1.29, 1.82) is 0 Å². The molecule has 8 nitrogen and oxygen atoms in total. The molecule has 1 N–H and O–H groups in total. The molecule has 0 spiro atoms. The van der Waals surface area contributed by atoms with Crippen molar-refractivity contribution in [3.8, 4) is 0 Å². The zero-order chi connectivity index (χ0) is 20.5. The number of nitrogens with one attached hydrogen (secondary N) is 1. The number of nitro groups is 1. The highest BCUT2D eigenvalue weighted by atomic mass is 35.5. The quantitative estimate of drug-likeness (QED) is 0.578. The summed E-state index contributed by atoms with van der Waals surface area (Å²) in [6, 6.07) is 8.31. The largest absolute Gasteiger partial charge is 0.373 e. The van der Waals surface area contributed by atoms with Crippen molar-refractivity contribution in [1.82, 2.24) is 4.72 Å². The number of nitro benzene ring substituents is 1. The molecule has 1 aliphatic rings. The van der Waals surface area contributed by atoms with Crippen LogP contribution in [0.3, 0.4) is 0 Å². The van der Waals surface area contributed by atoms with Crippen LogP contribution in [0.1, 0.15) is 23.7 Å². The van der Waals surface area contributed by atoms with E-state index in [-0.39, 0.29) is 6.42 Å². The molecule has 1 heterocycles. The monoisotopic (exact) mass is 428 g/mol. The Kier molecular flexibility index (Phi) is 5.64. The van der Waals surface area contributed by atoms with E-state index < -0.39 is 48.4 Å². The van der Waals surface area contributed by atoms with E-state index in [1.54, 1.807) is 16.9 Å². The van der Waals surface area contributed by atoms with Gasteiger partial charge in [0.05, 0.1) is 30.1 Å². The number of amides is 1. The van der Waals surface area contributed by atoms with Crippen LogP contribution in [0.4, 0.5) is 10.1 Å². The SMILES string of the molecule is O=C(C[C@H]1OCCc2ccccc21)NS(=O)(=O)c1cc(Cl)c([N+](=O)[O-])cc1F. The maximum Gasteiger partial charge on any atom is 0.290 e. The molecule has 2 aromatic rings. The Balaban J connectivity index is 1.79. The van der Waals surface area contributed by atoms with E-state index in [0.29, 0.717) is 25.2 Å². The van der Waals surface area contributed by atoms with Crippen molar-refractivity contribution < 1.29 is 27.3 Å². The Morgan fingerprint density at radius 1 is 1.36 bits per heavy atom. The van der Waals surface area contributed by atoms with E-state index in [2.05, 4.69) is 0 Å². The summed E-state index contributed by atoms with van der Waals surface area (Å²) in [5.41, 5.74) is 1.00. The maximum atomic E-state index is 14.1. The summed E-state index contributed by atoms with van der Waals surface area (Å²) in [7, 11) is -4.62. The van der Waals surface area contributed by atoms with Crippen LogP contribution in [-0.4, -0.2) is 25.9 Å². The fourth-order valence-corrected chi connectivity index (χ4v) is 4.30. The van der Waals surface area contributed by atoms with E-state index >= 15 is 0 Å². The molecule has 11 heteroatoms. The summed E-state index contributed by atoms with van der Waals surface area (Å²) < 4.78 is 46.1. The Labute approximate surface area is 164 Å². The van der Waals surface area contributed by atoms with Crippen LogP contribution in [0, 0.1) is 15.9 Å². The van der Waals surface area contributed by atoms with Crippen molar-refractivity contribution in [3.05, 3.63) is 68.5 Å². The molecule has 0 saturated carbocycles. The number of sulfonamides is 1. The van der Waals surface area contributed by atoms with Crippen LogP contribution in [0.15, 0.2) is 41.3 Å². The maximum absolute atomic E-state index is 14.1. The van der Waals surface area contributed by atoms with Gasteiger partial charge in [0.25, 0.3) is 15.7 Å². The number of halogens is 2. The first-order valence-corrected chi connectivity index (χ1v) is 9.93. The van der Waals surface area contributed by atoms with Gasteiger partial charge in [-0.15, -0.1) is 0 Å². The summed E-state index contributed by atoms with van der Waals surface area (Å²) in [6.07, 6.45) is -0.247. The lowest BCUT2D eigenvalue weighted by molar-refractivity contribution is -0.384. The molecule has 2 aromatic carbocycles. The predicted octanol–water partition coefficient (Wildman–Crippen LogP) is 2.90. The lowest BCUT2D eigenvalue weighted by atomic mass is 9.96. The second kappa shape index (κ2) is 7.82. The highest BCUT2D eigenvalue weighted by molar-refractivity contribution is 7.90. The third kappa shape index (κ3) is 4.13. The molecule has 0 aromatic heterocycles. The molecule has 0 unspecified atom stereocenters. The average molecular weight is 429 g/mol. The van der Waals surface area contributed by atoms with Gasteiger partial charge in [0.2, 0.25) is 5.91 Å². The molecule has 0 fully saturated rings. The Bertz CT molecular complexity index is 1060. The molecule has 1 amide bonds. The van der Waals surface area contributed by atoms with Gasteiger partial charge in [0.15, 0.2) is 5.82 Å². The van der Waals surface area contributed by atoms with E-state index in [0.717, 1.165) is 11.1 Å². The standard InChI is InChI=1S/C17H14ClFN2O6S/c18-12-7-16(13(19)8-14(12)21(23)24)28(25,26)20-17(22)9-15-11-4-2-1-3-10(11)5-6-27-15/h1-4,7-8,15H,5-6,9H2,(H,20,22)/t15-/m1/s1. The third-order valence-corrected chi connectivity index (χ3v) is 5.89. The first kappa shape index (κ1) is 20.2. The molecule has 148 valence electrons. The molecule has 1 aliphatic heterocycles. The predicted molar refractivity (Wildman–Crippen MR) is 96.8 cm³/mol. The highest BCUT2D eigenvalue weighted by Gasteiger charge is 2.29. The number of fused-ring (bicyclic) bond motifs is 1. The number of carbonyl (C=O) groups excluding carboxylic acids is 1. The van der Waals surface area contributed by atoms with E-state index in [1.807, 2.05) is 12.1 Å². The third-order valence-electron chi connectivity index (χ3n) is 4.20. The Morgan fingerprint density at radius 3 is 2.79 bits per heavy atom. The molecule has 0 radical (unpaired) electrons. The molecule has 28 heavy (non-hydrogen) atoms. The molecule has 1 atom stereocenters. The van der Waals surface area contributed by atoms with Crippen molar-refractivity contribution in [2.24, 2.45) is 0 Å². The smallest absolute Gasteiger partial charge is 0.290 e. The van der Waals surface area contributed by atoms with E-state index in [4.69, 9.17) is 16.3 Å². The number of nitrogens with zero attached hydrogens (tertiary/aromatic N) is 1. The van der Waals surface area contributed by atoms with Crippen LogP contribution in [-0.2, 0) is 26.0 Å². The molecule has 3 rings (SSSR count). The van der Waals surface area contributed by atoms with Gasteiger partial charge in [-0.25, -0.2) is 17.5 Å². The number of benzene rings is 2. The highest BCUT2D eigenvalue weighted by Crippen LogP contribution is 2.31. The number of carbonyl (C=O) groups is 1. The topological polar surface area (TPSA) is 116 Å². The first-order valence-electron chi connectivity index (χ1n) is 8.07. The van der Waals surface area contributed by atoms with Crippen molar-refractivity contribution in [2.45, 2.75) is 23.8 Å². The lowest BCUT2D eigenvalue weighted by Crippen LogP contribution is -2.33. The van der Waals surface area contributed by atoms with Gasteiger partial charge in [-0.2, -0.15) is 0 Å². The summed E-state index contributed by atoms with van der Waals surface area (Å²) in [6.45, 7) is 0.383. The normalized spacial score (nSPS) is 16.3. The fraction of sp³-hybridized carbons (Fsp3) is 0.235. The Hall–Kier alpha value is -2.56. The minimum absolute atomic E-state index is 0.293. The van der Waals surface area contributed by atoms with Crippen LogP contribution < -0.4 is 4.72 Å². The molecular weight excluding hydrogens is 415 g/mol. The van der Waals surface area contributed by atoms with Crippen molar-refractivity contribution in [3.63, 3.8) is 0 Å². The van der Waals surface area contributed by atoms with Gasteiger partial charge >= 0.3 is 0 Å². The second-order valence-electron chi connectivity index (χ2n) is 6.03. The minimum atomic E-state index is -4.62. The molecule has 0 saturated heterocycles. The van der Waals surface area contributed by atoms with Crippen LogP contribution in [0.25, 0.3) is 0 Å². The summed E-state index contributed by atoms with van der Waals surface area (Å²) in [5, 5.41) is 10.2. The van der Waals surface area contributed by atoms with Gasteiger partial charge in [-0.1, -0.05) is 35.9 Å². The number of ether oxygens (including phenoxy) is 1. The summed E-state index contributed by atoms with van der Waals surface area (Å²) in [5.74, 6) is -2.30. The van der Waals surface area contributed by atoms with Crippen LogP contribution in [0.2, 0.25) is 5.02 Å². The Morgan fingerprint density at radius 2 is 2.07 bits per heavy atom. The van der Waals surface area contributed by atoms with Crippen molar-refractivity contribution in [2.75, 3.05) is 6.61 Å². The zero-order valence-corrected chi connectivity index (χ0v) is 15.8. The fourth-order valence-electron chi connectivity index (χ4n) is 2.92. The zero-order valence-electron chi connectivity index (χ0n) is 14.2. The molecule has 0 bridgehead atoms. The second-order valence-corrected chi connectivity index (χ2v) is 8.09. The van der Waals surface area contributed by atoms with Gasteiger partial charge in [-0.05, 0) is 23.6 Å². The van der Waals surface area contributed by atoms with Crippen LogP contribution >= 0.6 is 11.6 Å². The van der Waals surface area contributed by atoms with Gasteiger partial charge in [0, 0.05) is 0 Å². The number of rotatable bonds is 5. The van der Waals surface area contributed by atoms with Crippen LogP contribution in [0.5, 0.6) is 0 Å². The summed E-state index contributed by atoms with van der Waals surface area (Å²) in [4.78, 5) is 21.1. The van der Waals surface area contributed by atoms with Gasteiger partial charge in [0.1, 0.15) is 9.92 Å². The summed E-state index contributed by atoms with van der Waals surface area (Å²) >= 11 is 5.65. The van der Waals surface area contributed by atoms with E-state index in [1.165, 1.54) is 0 Å².